The molecule has 0 bridgehead atoms. The van der Waals surface area contributed by atoms with E-state index in [1.807, 2.05) is 19.9 Å². The number of nitrogens with one attached hydrogen (secondary N) is 2. The fourth-order valence-electron chi connectivity index (χ4n) is 1.01. The molecule has 82 valence electrons. The Morgan fingerprint density at radius 1 is 1.60 bits per heavy atom. The summed E-state index contributed by atoms with van der Waals surface area (Å²) >= 11 is 0. The number of carbonyl (C=O) groups is 1. The number of carbonyl (C=O) groups excluding carboxylic acids is 1. The third-order valence-electron chi connectivity index (χ3n) is 1.74. The second-order valence-electron chi connectivity index (χ2n) is 3.52. The van der Waals surface area contributed by atoms with Gasteiger partial charge in [-0.3, -0.25) is 4.68 Å². The number of hydrogen-bond acceptors (Lipinski definition) is 2. The molecule has 0 atom stereocenters. The van der Waals surface area contributed by atoms with Gasteiger partial charge in [0, 0.05) is 19.8 Å². The average molecular weight is 208 g/mol. The lowest BCUT2D eigenvalue weighted by molar-refractivity contribution is 0.253. The van der Waals surface area contributed by atoms with Gasteiger partial charge in [0.05, 0.1) is 11.9 Å². The Labute approximate surface area is 89.2 Å². The van der Waals surface area contributed by atoms with Crippen molar-refractivity contribution >= 4 is 11.7 Å². The molecule has 2 N–H and O–H groups in total. The van der Waals surface area contributed by atoms with Crippen molar-refractivity contribution in [2.24, 2.45) is 7.05 Å². The molecule has 0 saturated heterocycles. The summed E-state index contributed by atoms with van der Waals surface area (Å²) in [7, 11) is 1.80. The monoisotopic (exact) mass is 208 g/mol. The van der Waals surface area contributed by atoms with Crippen LogP contribution in [0.25, 0.3) is 0 Å². The Morgan fingerprint density at radius 3 is 2.87 bits per heavy atom. The Hall–Kier alpha value is -1.78. The van der Waals surface area contributed by atoms with Gasteiger partial charge >= 0.3 is 6.03 Å². The molecule has 1 aromatic rings. The summed E-state index contributed by atoms with van der Waals surface area (Å²) in [5.74, 6) is 0. The first kappa shape index (κ1) is 11.3. The normalized spacial score (nSPS) is 9.53. The molecule has 0 fully saturated rings. The average Bonchev–Trinajstić information content (AvgIpc) is 2.50. The predicted molar refractivity (Wildman–Crippen MR) is 59.7 cm³/mol. The van der Waals surface area contributed by atoms with Gasteiger partial charge in [0.2, 0.25) is 0 Å². The number of anilines is 1. The van der Waals surface area contributed by atoms with E-state index in [4.69, 9.17) is 0 Å². The number of amides is 2. The second kappa shape index (κ2) is 5.19. The van der Waals surface area contributed by atoms with Gasteiger partial charge in [0.1, 0.15) is 0 Å². The van der Waals surface area contributed by atoms with Crippen molar-refractivity contribution in [3.8, 4) is 0 Å². The molecule has 2 amide bonds. The highest BCUT2D eigenvalue weighted by atomic mass is 16.2. The minimum Gasteiger partial charge on any atom is -0.334 e. The van der Waals surface area contributed by atoms with Crippen LogP contribution in [0, 0.1) is 0 Å². The fraction of sp³-hybridized carbons (Fsp3) is 0.400. The van der Waals surface area contributed by atoms with Crippen LogP contribution in [0.4, 0.5) is 10.5 Å². The number of aryl methyl sites for hydroxylation is 1. The van der Waals surface area contributed by atoms with Crippen molar-refractivity contribution < 1.29 is 4.79 Å². The molecule has 0 aliphatic carbocycles. The first-order chi connectivity index (χ1) is 7.08. The standard InChI is InChI=1S/C10H16N4O/c1-8(2)4-5-11-10(15)13-9-6-12-14(3)7-9/h4,6-7H,5H2,1-3H3,(H2,11,13,15). The molecule has 0 unspecified atom stereocenters. The molecule has 15 heavy (non-hydrogen) atoms. The highest BCUT2D eigenvalue weighted by molar-refractivity contribution is 5.88. The Morgan fingerprint density at radius 2 is 2.33 bits per heavy atom. The first-order valence-electron chi connectivity index (χ1n) is 4.75. The number of urea groups is 1. The van der Waals surface area contributed by atoms with E-state index in [0.717, 1.165) is 0 Å². The molecule has 0 aliphatic rings. The number of hydrogen-bond donors (Lipinski definition) is 2. The highest BCUT2D eigenvalue weighted by Gasteiger charge is 2.00. The van der Waals surface area contributed by atoms with Gasteiger partial charge in [0.25, 0.3) is 0 Å². The molecule has 5 nitrogen and oxygen atoms in total. The van der Waals surface area contributed by atoms with Crippen LogP contribution in [-0.2, 0) is 7.05 Å². The third kappa shape index (κ3) is 4.30. The molecule has 0 aromatic carbocycles. The Bertz CT molecular complexity index is 363. The van der Waals surface area contributed by atoms with Crippen molar-refractivity contribution in [3.63, 3.8) is 0 Å². The minimum atomic E-state index is -0.222. The Balaban J connectivity index is 2.33. The summed E-state index contributed by atoms with van der Waals surface area (Å²) in [6.07, 6.45) is 5.28. The molecule has 1 aromatic heterocycles. The largest absolute Gasteiger partial charge is 0.334 e. The first-order valence-corrected chi connectivity index (χ1v) is 4.75. The molecular formula is C10H16N4O. The van der Waals surface area contributed by atoms with Crippen LogP contribution in [0.5, 0.6) is 0 Å². The number of aromatic nitrogens is 2. The lowest BCUT2D eigenvalue weighted by atomic mass is 10.3. The van der Waals surface area contributed by atoms with Gasteiger partial charge in [-0.25, -0.2) is 4.79 Å². The molecule has 1 rings (SSSR count). The minimum absolute atomic E-state index is 0.222. The molecule has 5 heteroatoms. The van der Waals surface area contributed by atoms with E-state index in [-0.39, 0.29) is 6.03 Å². The van der Waals surface area contributed by atoms with Gasteiger partial charge in [-0.2, -0.15) is 5.10 Å². The zero-order valence-corrected chi connectivity index (χ0v) is 9.24. The van der Waals surface area contributed by atoms with E-state index in [2.05, 4.69) is 15.7 Å². The quantitative estimate of drug-likeness (QED) is 0.740. The summed E-state index contributed by atoms with van der Waals surface area (Å²) in [6, 6.07) is -0.222. The lowest BCUT2D eigenvalue weighted by Crippen LogP contribution is -2.28. The van der Waals surface area contributed by atoms with Gasteiger partial charge in [-0.1, -0.05) is 11.6 Å². The number of nitrogens with zero attached hydrogens (tertiary/aromatic N) is 2. The SMILES string of the molecule is CC(C)=CCNC(=O)Nc1cnn(C)c1. The molecular weight excluding hydrogens is 192 g/mol. The highest BCUT2D eigenvalue weighted by Crippen LogP contribution is 2.02. The number of allylic oxidation sites excluding steroid dienone is 1. The maximum atomic E-state index is 11.3. The number of rotatable bonds is 3. The zero-order valence-electron chi connectivity index (χ0n) is 9.24. The van der Waals surface area contributed by atoms with Crippen LogP contribution in [0.3, 0.4) is 0 Å². The van der Waals surface area contributed by atoms with Crippen molar-refractivity contribution in [2.45, 2.75) is 13.8 Å². The van der Waals surface area contributed by atoms with E-state index < -0.39 is 0 Å². The molecule has 1 heterocycles. The smallest absolute Gasteiger partial charge is 0.319 e. The molecule has 0 saturated carbocycles. The van der Waals surface area contributed by atoms with Crippen LogP contribution in [-0.4, -0.2) is 22.4 Å². The summed E-state index contributed by atoms with van der Waals surface area (Å²) in [4.78, 5) is 11.3. The van der Waals surface area contributed by atoms with E-state index in [9.17, 15) is 4.79 Å². The van der Waals surface area contributed by atoms with E-state index in [1.54, 1.807) is 24.1 Å². The van der Waals surface area contributed by atoms with Gasteiger partial charge < -0.3 is 10.6 Å². The van der Waals surface area contributed by atoms with Gasteiger partial charge in [0.15, 0.2) is 0 Å². The molecule has 0 aliphatic heterocycles. The summed E-state index contributed by atoms with van der Waals surface area (Å²) in [6.45, 7) is 4.51. The summed E-state index contributed by atoms with van der Waals surface area (Å²) < 4.78 is 1.63. The van der Waals surface area contributed by atoms with E-state index in [1.165, 1.54) is 5.57 Å². The summed E-state index contributed by atoms with van der Waals surface area (Å²) in [5, 5.41) is 9.32. The maximum Gasteiger partial charge on any atom is 0.319 e. The molecule has 0 spiro atoms. The van der Waals surface area contributed by atoms with Crippen molar-refractivity contribution in [3.05, 3.63) is 24.0 Å². The van der Waals surface area contributed by atoms with Crippen LogP contribution < -0.4 is 10.6 Å². The molecule has 0 radical (unpaired) electrons. The third-order valence-corrected chi connectivity index (χ3v) is 1.74. The van der Waals surface area contributed by atoms with Gasteiger partial charge in [-0.05, 0) is 13.8 Å². The van der Waals surface area contributed by atoms with Crippen LogP contribution >= 0.6 is 0 Å². The van der Waals surface area contributed by atoms with Gasteiger partial charge in [-0.15, -0.1) is 0 Å². The van der Waals surface area contributed by atoms with Crippen LogP contribution in [0.15, 0.2) is 24.0 Å². The Kier molecular flexibility index (Phi) is 3.91. The van der Waals surface area contributed by atoms with E-state index >= 15 is 0 Å². The van der Waals surface area contributed by atoms with Crippen molar-refractivity contribution in [1.82, 2.24) is 15.1 Å². The van der Waals surface area contributed by atoms with E-state index in [0.29, 0.717) is 12.2 Å². The lowest BCUT2D eigenvalue weighted by Gasteiger charge is -2.02. The predicted octanol–water partition coefficient (Wildman–Crippen LogP) is 1.51. The van der Waals surface area contributed by atoms with Crippen molar-refractivity contribution in [2.75, 3.05) is 11.9 Å². The second-order valence-corrected chi connectivity index (χ2v) is 3.52. The topological polar surface area (TPSA) is 59.0 Å². The van der Waals surface area contributed by atoms with Crippen LogP contribution in [0.2, 0.25) is 0 Å². The maximum absolute atomic E-state index is 11.3. The zero-order chi connectivity index (χ0) is 11.3. The summed E-state index contributed by atoms with van der Waals surface area (Å²) in [5.41, 5.74) is 1.86. The van der Waals surface area contributed by atoms with Crippen molar-refractivity contribution in [1.29, 1.82) is 0 Å². The fourth-order valence-corrected chi connectivity index (χ4v) is 1.01. The van der Waals surface area contributed by atoms with Crippen LogP contribution in [0.1, 0.15) is 13.8 Å².